The molecule has 4 rings (SSSR count). The van der Waals surface area contributed by atoms with Crippen LogP contribution in [-0.4, -0.2) is 68.1 Å². The number of hydrogen-bond donors (Lipinski definition) is 0. The molecule has 0 spiro atoms. The van der Waals surface area contributed by atoms with Gasteiger partial charge >= 0.3 is 5.69 Å². The Labute approximate surface area is 228 Å². The van der Waals surface area contributed by atoms with Crippen molar-refractivity contribution in [3.05, 3.63) is 98.3 Å². The first kappa shape index (κ1) is 27.5. The van der Waals surface area contributed by atoms with E-state index in [0.717, 1.165) is 11.1 Å². The number of benzene rings is 2. The van der Waals surface area contributed by atoms with E-state index in [1.54, 1.807) is 11.5 Å². The largest absolute Gasteiger partial charge is 0.352 e. The molecule has 2 aromatic heterocycles. The Kier molecular flexibility index (Phi) is 8.64. The lowest BCUT2D eigenvalue weighted by atomic mass is 10.1. The predicted molar refractivity (Wildman–Crippen MR) is 151 cm³/mol. The summed E-state index contributed by atoms with van der Waals surface area (Å²) in [5, 5.41) is 4.70. The van der Waals surface area contributed by atoms with Crippen LogP contribution in [0, 0.1) is 13.8 Å². The molecule has 2 aromatic carbocycles. The van der Waals surface area contributed by atoms with Gasteiger partial charge in [-0.25, -0.2) is 9.78 Å². The SMILES string of the molecule is CCC(Cc1nc2c(Cl)c(C)nn2c(=O)n1Cc1ccccc1)N(CCN(C)C)C(=O)c1ccc(C)cc1. The van der Waals surface area contributed by atoms with Gasteiger partial charge in [-0.3, -0.25) is 9.36 Å². The maximum absolute atomic E-state index is 13.8. The summed E-state index contributed by atoms with van der Waals surface area (Å²) in [6, 6.07) is 17.3. The molecule has 0 saturated heterocycles. The molecule has 0 aliphatic heterocycles. The second kappa shape index (κ2) is 11.9. The molecule has 4 aromatic rings. The van der Waals surface area contributed by atoms with Crippen molar-refractivity contribution in [2.45, 2.75) is 46.2 Å². The number of nitrogens with zero attached hydrogens (tertiary/aromatic N) is 6. The Bertz CT molecular complexity index is 1460. The van der Waals surface area contributed by atoms with Gasteiger partial charge in [-0.2, -0.15) is 9.61 Å². The van der Waals surface area contributed by atoms with Gasteiger partial charge in [-0.1, -0.05) is 66.6 Å². The summed E-state index contributed by atoms with van der Waals surface area (Å²) in [7, 11) is 3.99. The molecule has 0 N–H and O–H groups in total. The number of likely N-dealkylation sites (N-methyl/N-ethyl adjacent to an activating group) is 1. The second-order valence-electron chi connectivity index (χ2n) is 9.95. The van der Waals surface area contributed by atoms with Crippen molar-refractivity contribution < 1.29 is 4.79 Å². The second-order valence-corrected chi connectivity index (χ2v) is 10.3. The van der Waals surface area contributed by atoms with Crippen molar-refractivity contribution in [1.82, 2.24) is 29.0 Å². The van der Waals surface area contributed by atoms with Gasteiger partial charge in [-0.15, -0.1) is 0 Å². The zero-order valence-electron chi connectivity index (χ0n) is 22.7. The fraction of sp³-hybridized carbons (Fsp3) is 0.379. The fourth-order valence-electron chi connectivity index (χ4n) is 4.52. The average molecular weight is 535 g/mol. The van der Waals surface area contributed by atoms with Gasteiger partial charge in [0.05, 0.1) is 12.2 Å². The van der Waals surface area contributed by atoms with Crippen molar-refractivity contribution in [2.24, 2.45) is 0 Å². The highest BCUT2D eigenvalue weighted by molar-refractivity contribution is 6.34. The topological polar surface area (TPSA) is 75.7 Å². The quantitative estimate of drug-likeness (QED) is 0.304. The van der Waals surface area contributed by atoms with E-state index >= 15 is 0 Å². The number of fused-ring (bicyclic) bond motifs is 1. The highest BCUT2D eigenvalue weighted by atomic mass is 35.5. The summed E-state index contributed by atoms with van der Waals surface area (Å²) in [6.07, 6.45) is 1.10. The van der Waals surface area contributed by atoms with Gasteiger partial charge in [0.15, 0.2) is 5.65 Å². The van der Waals surface area contributed by atoms with Crippen LogP contribution in [-0.2, 0) is 13.0 Å². The first-order chi connectivity index (χ1) is 18.2. The standard InChI is InChI=1S/C29H35ClN6O2/c1-6-24(34(17-16-33(4)5)28(37)23-14-12-20(2)13-15-23)18-25-31-27-26(30)21(3)32-36(27)29(38)35(25)19-22-10-8-7-9-11-22/h7-15,24H,6,16-19H2,1-5H3. The van der Waals surface area contributed by atoms with Crippen LogP contribution in [0.4, 0.5) is 0 Å². The van der Waals surface area contributed by atoms with Crippen molar-refractivity contribution in [3.63, 3.8) is 0 Å². The molecule has 9 heteroatoms. The molecule has 1 unspecified atom stereocenters. The molecule has 0 aliphatic carbocycles. The van der Waals surface area contributed by atoms with E-state index < -0.39 is 0 Å². The van der Waals surface area contributed by atoms with E-state index in [4.69, 9.17) is 16.6 Å². The van der Waals surface area contributed by atoms with E-state index in [1.165, 1.54) is 4.52 Å². The Balaban J connectivity index is 1.78. The van der Waals surface area contributed by atoms with Crippen LogP contribution in [0.3, 0.4) is 0 Å². The summed E-state index contributed by atoms with van der Waals surface area (Å²) in [6.45, 7) is 7.43. The van der Waals surface area contributed by atoms with E-state index in [0.29, 0.717) is 60.2 Å². The number of carbonyl (C=O) groups is 1. The molecule has 200 valence electrons. The third-order valence-corrected chi connectivity index (χ3v) is 7.23. The third kappa shape index (κ3) is 5.97. The number of hydrogen-bond acceptors (Lipinski definition) is 5. The predicted octanol–water partition coefficient (Wildman–Crippen LogP) is 4.23. The molecular formula is C29H35ClN6O2. The highest BCUT2D eigenvalue weighted by Gasteiger charge is 2.27. The van der Waals surface area contributed by atoms with Gasteiger partial charge in [0.25, 0.3) is 5.91 Å². The lowest BCUT2D eigenvalue weighted by Crippen LogP contribution is -2.45. The van der Waals surface area contributed by atoms with Crippen molar-refractivity contribution in [1.29, 1.82) is 0 Å². The fourth-order valence-corrected chi connectivity index (χ4v) is 4.68. The number of rotatable bonds is 10. The Morgan fingerprint density at radius 2 is 1.71 bits per heavy atom. The van der Waals surface area contributed by atoms with Crippen LogP contribution >= 0.6 is 11.6 Å². The molecule has 0 fully saturated rings. The Hall–Kier alpha value is -3.49. The van der Waals surface area contributed by atoms with Crippen molar-refractivity contribution in [3.8, 4) is 0 Å². The summed E-state index contributed by atoms with van der Waals surface area (Å²) in [5.74, 6) is 0.543. The van der Waals surface area contributed by atoms with E-state index in [2.05, 4.69) is 16.9 Å². The maximum Gasteiger partial charge on any atom is 0.352 e. The molecular weight excluding hydrogens is 500 g/mol. The zero-order chi connectivity index (χ0) is 27.4. The normalized spacial score (nSPS) is 12.3. The van der Waals surface area contributed by atoms with Crippen LogP contribution in [0.15, 0.2) is 59.4 Å². The van der Waals surface area contributed by atoms with E-state index in [9.17, 15) is 9.59 Å². The molecule has 38 heavy (non-hydrogen) atoms. The van der Waals surface area contributed by atoms with Gasteiger partial charge in [0, 0.05) is 31.1 Å². The first-order valence-corrected chi connectivity index (χ1v) is 13.3. The summed E-state index contributed by atoms with van der Waals surface area (Å²) >= 11 is 6.49. The summed E-state index contributed by atoms with van der Waals surface area (Å²) < 4.78 is 2.92. The number of halogens is 1. The smallest absolute Gasteiger partial charge is 0.334 e. The molecule has 0 aliphatic rings. The van der Waals surface area contributed by atoms with Gasteiger partial charge in [0.2, 0.25) is 0 Å². The highest BCUT2D eigenvalue weighted by Crippen LogP contribution is 2.21. The van der Waals surface area contributed by atoms with Crippen LogP contribution < -0.4 is 5.69 Å². The molecule has 0 radical (unpaired) electrons. The Morgan fingerprint density at radius 3 is 2.34 bits per heavy atom. The number of aromatic nitrogens is 4. The third-order valence-electron chi connectivity index (χ3n) is 6.78. The van der Waals surface area contributed by atoms with Crippen LogP contribution in [0.5, 0.6) is 0 Å². The monoisotopic (exact) mass is 534 g/mol. The van der Waals surface area contributed by atoms with Gasteiger partial charge in [-0.05, 0) is 52.1 Å². The van der Waals surface area contributed by atoms with E-state index in [1.807, 2.05) is 80.5 Å². The lowest BCUT2D eigenvalue weighted by Gasteiger charge is -2.33. The maximum atomic E-state index is 13.8. The van der Waals surface area contributed by atoms with Crippen LogP contribution in [0.25, 0.3) is 5.65 Å². The molecule has 2 heterocycles. The molecule has 1 atom stereocenters. The average Bonchev–Trinajstić information content (AvgIpc) is 3.19. The number of carbonyl (C=O) groups excluding carboxylic acids is 1. The first-order valence-electron chi connectivity index (χ1n) is 12.9. The van der Waals surface area contributed by atoms with Crippen LogP contribution in [0.2, 0.25) is 5.02 Å². The minimum Gasteiger partial charge on any atom is -0.334 e. The molecule has 8 nitrogen and oxygen atoms in total. The molecule has 0 saturated carbocycles. The van der Waals surface area contributed by atoms with Crippen LogP contribution in [0.1, 0.15) is 46.3 Å². The molecule has 1 amide bonds. The number of aryl methyl sites for hydroxylation is 2. The summed E-state index contributed by atoms with van der Waals surface area (Å²) in [5.41, 5.74) is 3.31. The van der Waals surface area contributed by atoms with E-state index in [-0.39, 0.29) is 17.6 Å². The van der Waals surface area contributed by atoms with Gasteiger partial charge < -0.3 is 9.80 Å². The van der Waals surface area contributed by atoms with Crippen molar-refractivity contribution in [2.75, 3.05) is 27.2 Å². The Morgan fingerprint density at radius 1 is 1.03 bits per heavy atom. The zero-order valence-corrected chi connectivity index (χ0v) is 23.4. The minimum absolute atomic E-state index is 0.0324. The van der Waals surface area contributed by atoms with Crippen molar-refractivity contribution >= 4 is 23.2 Å². The van der Waals surface area contributed by atoms with Gasteiger partial charge in [0.1, 0.15) is 10.8 Å². The number of amides is 1. The minimum atomic E-state index is -0.302. The lowest BCUT2D eigenvalue weighted by molar-refractivity contribution is 0.0654. The molecule has 0 bridgehead atoms. The summed E-state index contributed by atoms with van der Waals surface area (Å²) in [4.78, 5) is 36.2.